The lowest BCUT2D eigenvalue weighted by molar-refractivity contribution is -0.144. The Morgan fingerprint density at radius 2 is 2.00 bits per heavy atom. The molecule has 0 aliphatic carbocycles. The predicted molar refractivity (Wildman–Crippen MR) is 64.4 cm³/mol. The van der Waals surface area contributed by atoms with Crippen LogP contribution in [0.1, 0.15) is 27.7 Å². The molecule has 0 spiro atoms. The molecule has 1 N–H and O–H groups in total. The van der Waals surface area contributed by atoms with Gasteiger partial charge in [-0.1, -0.05) is 13.8 Å². The van der Waals surface area contributed by atoms with Gasteiger partial charge in [-0.3, -0.25) is 9.69 Å². The van der Waals surface area contributed by atoms with E-state index in [0.29, 0.717) is 0 Å². The summed E-state index contributed by atoms with van der Waals surface area (Å²) in [4.78, 5) is 13.6. The van der Waals surface area contributed by atoms with Gasteiger partial charge >= 0.3 is 5.97 Å². The summed E-state index contributed by atoms with van der Waals surface area (Å²) in [6.45, 7) is 10.1. The highest BCUT2D eigenvalue weighted by Crippen LogP contribution is 2.44. The molecule has 1 saturated heterocycles. The third-order valence-corrected chi connectivity index (χ3v) is 4.81. The van der Waals surface area contributed by atoms with Crippen molar-refractivity contribution in [2.75, 3.05) is 18.8 Å². The second kappa shape index (κ2) is 4.74. The van der Waals surface area contributed by atoms with Crippen LogP contribution in [0.4, 0.5) is 0 Å². The van der Waals surface area contributed by atoms with Gasteiger partial charge in [-0.05, 0) is 26.9 Å². The van der Waals surface area contributed by atoms with Crippen LogP contribution in [0, 0.1) is 5.92 Å². The molecule has 1 fully saturated rings. The van der Waals surface area contributed by atoms with E-state index < -0.39 is 5.97 Å². The number of thioether (sulfide) groups is 1. The van der Waals surface area contributed by atoms with Crippen molar-refractivity contribution in [1.29, 1.82) is 0 Å². The molecule has 1 aliphatic rings. The SMILES string of the molecule is CCN(CC)C1CSC(C)(C)C1C(=O)O. The van der Waals surface area contributed by atoms with Crippen LogP contribution in [0.3, 0.4) is 0 Å². The monoisotopic (exact) mass is 231 g/mol. The average Bonchev–Trinajstić information content (AvgIpc) is 2.44. The predicted octanol–water partition coefficient (Wildman–Crippen LogP) is 1.92. The lowest BCUT2D eigenvalue weighted by Crippen LogP contribution is -2.46. The number of hydrogen-bond acceptors (Lipinski definition) is 3. The molecule has 0 aromatic heterocycles. The van der Waals surface area contributed by atoms with Crippen LogP contribution < -0.4 is 0 Å². The highest BCUT2D eigenvalue weighted by Gasteiger charge is 2.48. The van der Waals surface area contributed by atoms with Crippen molar-refractivity contribution in [1.82, 2.24) is 4.90 Å². The van der Waals surface area contributed by atoms with Crippen LogP contribution in [-0.2, 0) is 4.79 Å². The van der Waals surface area contributed by atoms with Crippen LogP contribution in [0.15, 0.2) is 0 Å². The Morgan fingerprint density at radius 3 is 2.40 bits per heavy atom. The van der Waals surface area contributed by atoms with Gasteiger partial charge in [0.2, 0.25) is 0 Å². The summed E-state index contributed by atoms with van der Waals surface area (Å²) in [7, 11) is 0. The Bertz CT molecular complexity index is 239. The van der Waals surface area contributed by atoms with E-state index in [1.807, 2.05) is 13.8 Å². The molecule has 0 radical (unpaired) electrons. The van der Waals surface area contributed by atoms with Crippen LogP contribution in [-0.4, -0.2) is 45.6 Å². The molecule has 0 amide bonds. The molecule has 0 aromatic rings. The van der Waals surface area contributed by atoms with Gasteiger partial charge in [-0.15, -0.1) is 0 Å². The van der Waals surface area contributed by atoms with E-state index in [2.05, 4.69) is 18.7 Å². The number of hydrogen-bond donors (Lipinski definition) is 1. The average molecular weight is 231 g/mol. The molecule has 2 atom stereocenters. The Morgan fingerprint density at radius 1 is 1.47 bits per heavy atom. The minimum atomic E-state index is -0.651. The zero-order valence-corrected chi connectivity index (χ0v) is 10.8. The van der Waals surface area contributed by atoms with E-state index in [-0.39, 0.29) is 16.7 Å². The fourth-order valence-corrected chi connectivity index (χ4v) is 3.86. The Kier molecular flexibility index (Phi) is 4.06. The molecule has 0 bridgehead atoms. The van der Waals surface area contributed by atoms with Crippen molar-refractivity contribution in [2.24, 2.45) is 5.92 Å². The van der Waals surface area contributed by atoms with Gasteiger partial charge < -0.3 is 5.11 Å². The zero-order valence-electron chi connectivity index (χ0n) is 9.99. The highest BCUT2D eigenvalue weighted by molar-refractivity contribution is 8.01. The van der Waals surface area contributed by atoms with E-state index in [1.165, 1.54) is 0 Å². The Hall–Kier alpha value is -0.220. The van der Waals surface area contributed by atoms with Crippen molar-refractivity contribution in [2.45, 2.75) is 38.5 Å². The van der Waals surface area contributed by atoms with E-state index in [9.17, 15) is 9.90 Å². The first-order valence-corrected chi connectivity index (χ1v) is 6.53. The summed E-state index contributed by atoms with van der Waals surface area (Å²) in [5, 5.41) is 9.32. The third-order valence-electron chi connectivity index (χ3n) is 3.31. The summed E-state index contributed by atoms with van der Waals surface area (Å²) in [6, 6.07) is 0.192. The van der Waals surface area contributed by atoms with Gasteiger partial charge in [0.15, 0.2) is 0 Å². The number of carbonyl (C=O) groups is 1. The highest BCUT2D eigenvalue weighted by atomic mass is 32.2. The van der Waals surface area contributed by atoms with Crippen molar-refractivity contribution in [3.05, 3.63) is 0 Å². The smallest absolute Gasteiger partial charge is 0.309 e. The van der Waals surface area contributed by atoms with Crippen molar-refractivity contribution in [3.8, 4) is 0 Å². The molecular formula is C11H21NO2S. The van der Waals surface area contributed by atoms with E-state index >= 15 is 0 Å². The molecule has 1 aliphatic heterocycles. The second-order valence-corrected chi connectivity index (χ2v) is 6.19. The fraction of sp³-hybridized carbons (Fsp3) is 0.909. The Labute approximate surface area is 96.2 Å². The molecule has 1 rings (SSSR count). The minimum Gasteiger partial charge on any atom is -0.481 e. The van der Waals surface area contributed by atoms with Crippen molar-refractivity contribution >= 4 is 17.7 Å². The number of aliphatic carboxylic acids is 1. The van der Waals surface area contributed by atoms with Crippen molar-refractivity contribution < 1.29 is 9.90 Å². The van der Waals surface area contributed by atoms with Crippen molar-refractivity contribution in [3.63, 3.8) is 0 Å². The molecule has 0 saturated carbocycles. The van der Waals surface area contributed by atoms with Crippen LogP contribution >= 0.6 is 11.8 Å². The summed E-state index contributed by atoms with van der Waals surface area (Å²) in [6.07, 6.45) is 0. The zero-order chi connectivity index (χ0) is 11.6. The first kappa shape index (κ1) is 12.8. The quantitative estimate of drug-likeness (QED) is 0.802. The molecule has 15 heavy (non-hydrogen) atoms. The summed E-state index contributed by atoms with van der Waals surface area (Å²) < 4.78 is -0.140. The maximum absolute atomic E-state index is 11.3. The molecule has 4 heteroatoms. The van der Waals surface area contributed by atoms with Gasteiger partial charge in [0, 0.05) is 16.5 Å². The number of rotatable bonds is 4. The molecule has 2 unspecified atom stereocenters. The maximum Gasteiger partial charge on any atom is 0.309 e. The lowest BCUT2D eigenvalue weighted by atomic mass is 9.88. The molecule has 88 valence electrons. The first-order chi connectivity index (χ1) is 6.94. The van der Waals surface area contributed by atoms with E-state index in [4.69, 9.17) is 0 Å². The van der Waals surface area contributed by atoms with Crippen LogP contribution in [0.2, 0.25) is 0 Å². The largest absolute Gasteiger partial charge is 0.481 e. The lowest BCUT2D eigenvalue weighted by Gasteiger charge is -2.32. The second-order valence-electron chi connectivity index (χ2n) is 4.52. The minimum absolute atomic E-state index is 0.140. The van der Waals surface area contributed by atoms with Gasteiger partial charge in [0.25, 0.3) is 0 Å². The van der Waals surface area contributed by atoms with Crippen LogP contribution in [0.5, 0.6) is 0 Å². The van der Waals surface area contributed by atoms with E-state index in [0.717, 1.165) is 18.8 Å². The fourth-order valence-electron chi connectivity index (χ4n) is 2.42. The maximum atomic E-state index is 11.3. The van der Waals surface area contributed by atoms with Gasteiger partial charge in [0.1, 0.15) is 0 Å². The third kappa shape index (κ3) is 2.48. The molecule has 0 aromatic carbocycles. The molecular weight excluding hydrogens is 210 g/mol. The summed E-state index contributed by atoms with van der Waals surface area (Å²) in [5.74, 6) is 0.0374. The number of nitrogens with zero attached hydrogens (tertiary/aromatic N) is 1. The molecule has 3 nitrogen and oxygen atoms in total. The molecule has 1 heterocycles. The van der Waals surface area contributed by atoms with Gasteiger partial charge in [0.05, 0.1) is 5.92 Å². The van der Waals surface area contributed by atoms with Gasteiger partial charge in [-0.2, -0.15) is 11.8 Å². The summed E-state index contributed by atoms with van der Waals surface area (Å²) >= 11 is 1.78. The summed E-state index contributed by atoms with van der Waals surface area (Å²) in [5.41, 5.74) is 0. The normalized spacial score (nSPS) is 29.7. The topological polar surface area (TPSA) is 40.5 Å². The number of carboxylic acid groups (broad SMARTS) is 1. The standard InChI is InChI=1S/C11H21NO2S/c1-5-12(6-2)8-7-15-11(3,4)9(8)10(13)14/h8-9H,5-7H2,1-4H3,(H,13,14). The Balaban J connectivity index is 2.86. The first-order valence-electron chi connectivity index (χ1n) is 5.54. The van der Waals surface area contributed by atoms with E-state index in [1.54, 1.807) is 11.8 Å². The van der Waals surface area contributed by atoms with Gasteiger partial charge in [-0.25, -0.2) is 0 Å². The number of carboxylic acids is 1. The van der Waals surface area contributed by atoms with Crippen LogP contribution in [0.25, 0.3) is 0 Å².